The second-order valence-electron chi connectivity index (χ2n) is 5.26. The highest BCUT2D eigenvalue weighted by molar-refractivity contribution is 6.07. The van der Waals surface area contributed by atoms with Crippen molar-refractivity contribution >= 4 is 22.9 Å². The number of Topliss-reactive ketones (excluding diaryl/α,β-unsaturated/α-hetero) is 1. The summed E-state index contributed by atoms with van der Waals surface area (Å²) in [6.45, 7) is 0.525. The molecule has 0 saturated heterocycles. The van der Waals surface area contributed by atoms with Crippen LogP contribution in [0.15, 0.2) is 59.7 Å². The fourth-order valence-electron chi connectivity index (χ4n) is 2.64. The van der Waals surface area contributed by atoms with Gasteiger partial charge < -0.3 is 4.74 Å². The summed E-state index contributed by atoms with van der Waals surface area (Å²) in [5, 5.41) is 5.25. The molecular weight excluding hydrogens is 276 g/mol. The first kappa shape index (κ1) is 12.8. The van der Waals surface area contributed by atoms with E-state index < -0.39 is 0 Å². The zero-order valence-corrected chi connectivity index (χ0v) is 11.9. The van der Waals surface area contributed by atoms with E-state index in [1.54, 1.807) is 10.9 Å². The van der Waals surface area contributed by atoms with E-state index in [4.69, 9.17) is 4.74 Å². The third kappa shape index (κ3) is 2.19. The maximum Gasteiger partial charge on any atom is 0.186 e. The quantitative estimate of drug-likeness (QED) is 0.739. The molecule has 0 radical (unpaired) electrons. The largest absolute Gasteiger partial charge is 0.489 e. The molecule has 0 N–H and O–H groups in total. The molecule has 0 amide bonds. The normalized spacial score (nSPS) is 13.4. The van der Waals surface area contributed by atoms with Crippen LogP contribution in [0.5, 0.6) is 5.75 Å². The topological polar surface area (TPSA) is 43.6 Å². The van der Waals surface area contributed by atoms with E-state index in [2.05, 4.69) is 5.10 Å². The Labute approximate surface area is 127 Å². The summed E-state index contributed by atoms with van der Waals surface area (Å²) < 4.78 is 7.52. The average Bonchev–Trinajstić information content (AvgIpc) is 2.93. The van der Waals surface area contributed by atoms with Crippen LogP contribution in [0.3, 0.4) is 0 Å². The first-order valence-corrected chi connectivity index (χ1v) is 7.19. The molecule has 0 bridgehead atoms. The van der Waals surface area contributed by atoms with E-state index >= 15 is 0 Å². The van der Waals surface area contributed by atoms with Gasteiger partial charge in [-0.15, -0.1) is 0 Å². The first-order chi connectivity index (χ1) is 10.8. The lowest BCUT2D eigenvalue weighted by molar-refractivity contribution is 0.0990. The van der Waals surface area contributed by atoms with Crippen LogP contribution < -0.4 is 4.74 Å². The predicted molar refractivity (Wildman–Crippen MR) is 85.5 cm³/mol. The molecule has 2 heterocycles. The van der Waals surface area contributed by atoms with Crippen molar-refractivity contribution in [3.63, 3.8) is 0 Å². The number of nitrogens with zero attached hydrogens (tertiary/aromatic N) is 2. The van der Waals surface area contributed by atoms with Gasteiger partial charge in [-0.25, -0.2) is 4.68 Å². The SMILES string of the molecule is O=C1CC=Nn2c1cc1cc(OCc3ccccc3)ccc12. The van der Waals surface area contributed by atoms with E-state index in [1.165, 1.54) is 0 Å². The van der Waals surface area contributed by atoms with Crippen LogP contribution in [0.25, 0.3) is 10.9 Å². The fourth-order valence-corrected chi connectivity index (χ4v) is 2.64. The summed E-state index contributed by atoms with van der Waals surface area (Å²) in [7, 11) is 0. The standard InChI is InChI=1S/C18H14N2O2/c21-18-8-9-19-20-16-7-6-15(10-14(16)11-17(18)20)22-12-13-4-2-1-3-5-13/h1-7,9-11H,8,12H2. The van der Waals surface area contributed by atoms with Gasteiger partial charge in [0, 0.05) is 18.0 Å². The van der Waals surface area contributed by atoms with Crippen LogP contribution in [0.4, 0.5) is 0 Å². The second-order valence-corrected chi connectivity index (χ2v) is 5.26. The maximum atomic E-state index is 11.9. The maximum absolute atomic E-state index is 11.9. The van der Waals surface area contributed by atoms with E-state index in [-0.39, 0.29) is 5.78 Å². The van der Waals surface area contributed by atoms with Crippen molar-refractivity contribution in [3.05, 3.63) is 65.9 Å². The number of ether oxygens (including phenoxy) is 1. The molecule has 4 heteroatoms. The van der Waals surface area contributed by atoms with E-state index in [1.807, 2.05) is 54.6 Å². The van der Waals surface area contributed by atoms with Crippen LogP contribution in [0.1, 0.15) is 22.5 Å². The van der Waals surface area contributed by atoms with Gasteiger partial charge in [0.2, 0.25) is 0 Å². The smallest absolute Gasteiger partial charge is 0.186 e. The minimum atomic E-state index is 0.0953. The van der Waals surface area contributed by atoms with Gasteiger partial charge in [-0.1, -0.05) is 30.3 Å². The van der Waals surface area contributed by atoms with E-state index in [0.717, 1.165) is 22.2 Å². The van der Waals surface area contributed by atoms with Crippen LogP contribution in [-0.4, -0.2) is 16.7 Å². The molecule has 0 spiro atoms. The van der Waals surface area contributed by atoms with Gasteiger partial charge in [0.05, 0.1) is 5.52 Å². The van der Waals surface area contributed by atoms with E-state index in [9.17, 15) is 4.79 Å². The minimum Gasteiger partial charge on any atom is -0.489 e. The lowest BCUT2D eigenvalue weighted by Gasteiger charge is -2.08. The molecule has 1 aromatic heterocycles. The van der Waals surface area contributed by atoms with Crippen molar-refractivity contribution in [1.29, 1.82) is 0 Å². The van der Waals surface area contributed by atoms with Crippen molar-refractivity contribution in [2.75, 3.05) is 0 Å². The highest BCUT2D eigenvalue weighted by Crippen LogP contribution is 2.27. The molecule has 1 aliphatic rings. The number of rotatable bonds is 3. The summed E-state index contributed by atoms with van der Waals surface area (Å²) in [6, 6.07) is 17.7. The van der Waals surface area contributed by atoms with Crippen LogP contribution >= 0.6 is 0 Å². The van der Waals surface area contributed by atoms with Gasteiger partial charge in [-0.2, -0.15) is 5.10 Å². The number of ketones is 1. The molecular formula is C18H14N2O2. The van der Waals surface area contributed by atoms with Crippen molar-refractivity contribution in [2.45, 2.75) is 13.0 Å². The fraction of sp³-hybridized carbons (Fsp3) is 0.111. The zero-order chi connectivity index (χ0) is 14.9. The van der Waals surface area contributed by atoms with Gasteiger partial charge in [-0.3, -0.25) is 4.79 Å². The third-order valence-electron chi connectivity index (χ3n) is 3.76. The molecule has 4 rings (SSSR count). The Balaban J connectivity index is 1.64. The molecule has 1 aliphatic heterocycles. The number of benzene rings is 2. The summed E-state index contributed by atoms with van der Waals surface area (Å²) in [6.07, 6.45) is 2.02. The summed E-state index contributed by atoms with van der Waals surface area (Å²) in [4.78, 5) is 11.9. The number of aromatic nitrogens is 1. The molecule has 22 heavy (non-hydrogen) atoms. The Kier molecular flexibility index (Phi) is 3.00. The van der Waals surface area contributed by atoms with Crippen molar-refractivity contribution in [3.8, 4) is 5.75 Å². The van der Waals surface area contributed by atoms with Gasteiger partial charge in [-0.05, 0) is 29.8 Å². The van der Waals surface area contributed by atoms with Crippen LogP contribution in [0, 0.1) is 0 Å². The molecule has 4 nitrogen and oxygen atoms in total. The zero-order valence-electron chi connectivity index (χ0n) is 11.9. The Hall–Kier alpha value is -2.88. The molecule has 0 atom stereocenters. The number of hydrogen-bond acceptors (Lipinski definition) is 3. The lowest BCUT2D eigenvalue weighted by Crippen LogP contribution is -2.11. The Morgan fingerprint density at radius 2 is 1.95 bits per heavy atom. The second kappa shape index (κ2) is 5.15. The Morgan fingerprint density at radius 1 is 1.09 bits per heavy atom. The minimum absolute atomic E-state index is 0.0953. The summed E-state index contributed by atoms with van der Waals surface area (Å²) >= 11 is 0. The van der Waals surface area contributed by atoms with Gasteiger partial charge in [0.25, 0.3) is 0 Å². The number of fused-ring (bicyclic) bond motifs is 3. The number of hydrogen-bond donors (Lipinski definition) is 0. The summed E-state index contributed by atoms with van der Waals surface area (Å²) in [5.74, 6) is 0.883. The first-order valence-electron chi connectivity index (χ1n) is 7.19. The van der Waals surface area contributed by atoms with Crippen molar-refractivity contribution < 1.29 is 9.53 Å². The molecule has 108 valence electrons. The molecule has 0 aliphatic carbocycles. The predicted octanol–water partition coefficient (Wildman–Crippen LogP) is 3.64. The van der Waals surface area contributed by atoms with E-state index in [0.29, 0.717) is 18.7 Å². The number of carbonyl (C=O) groups is 1. The van der Waals surface area contributed by atoms with Crippen molar-refractivity contribution in [2.24, 2.45) is 5.10 Å². The molecule has 2 aromatic carbocycles. The number of carbonyl (C=O) groups excluding carboxylic acids is 1. The third-order valence-corrected chi connectivity index (χ3v) is 3.76. The molecule has 0 saturated carbocycles. The highest BCUT2D eigenvalue weighted by atomic mass is 16.5. The Morgan fingerprint density at radius 3 is 2.82 bits per heavy atom. The average molecular weight is 290 g/mol. The van der Waals surface area contributed by atoms with Crippen LogP contribution in [0.2, 0.25) is 0 Å². The van der Waals surface area contributed by atoms with Gasteiger partial charge in [0.1, 0.15) is 18.1 Å². The monoisotopic (exact) mass is 290 g/mol. The molecule has 0 unspecified atom stereocenters. The lowest BCUT2D eigenvalue weighted by atomic mass is 10.2. The Bertz CT molecular complexity index is 879. The highest BCUT2D eigenvalue weighted by Gasteiger charge is 2.17. The van der Waals surface area contributed by atoms with Crippen molar-refractivity contribution in [1.82, 2.24) is 4.68 Å². The van der Waals surface area contributed by atoms with Crippen LogP contribution in [-0.2, 0) is 6.61 Å². The van der Waals surface area contributed by atoms with Gasteiger partial charge in [0.15, 0.2) is 5.78 Å². The molecule has 0 fully saturated rings. The summed E-state index contributed by atoms with van der Waals surface area (Å²) in [5.41, 5.74) is 2.68. The molecule has 3 aromatic rings. The van der Waals surface area contributed by atoms with Gasteiger partial charge >= 0.3 is 0 Å².